The molecule has 5 atom stereocenters. The average Bonchev–Trinajstić information content (AvgIpc) is 1.73. The lowest BCUT2D eigenvalue weighted by Gasteiger charge is -2.29. The molecule has 458 valence electrons. The second-order valence-corrected chi connectivity index (χ2v) is 23.0. The minimum absolute atomic E-state index is 0.0219. The number of ether oxygens (including phenoxy) is 5. The highest BCUT2D eigenvalue weighted by Crippen LogP contribution is 2.40. The average molecular weight is 1230 g/mol. The first kappa shape index (κ1) is 64.1. The van der Waals surface area contributed by atoms with E-state index in [1.54, 1.807) is 71.9 Å². The Morgan fingerprint density at radius 1 is 0.942 bits per heavy atom. The van der Waals surface area contributed by atoms with Crippen molar-refractivity contribution in [2.24, 2.45) is 0 Å². The van der Waals surface area contributed by atoms with Crippen LogP contribution < -0.4 is 25.2 Å². The van der Waals surface area contributed by atoms with Crippen LogP contribution in [0, 0.1) is 18.3 Å². The fourth-order valence-corrected chi connectivity index (χ4v) is 11.7. The van der Waals surface area contributed by atoms with Crippen molar-refractivity contribution in [3.05, 3.63) is 107 Å². The number of hydrogen-bond donors (Lipinski definition) is 2. The number of benzene rings is 3. The number of rotatable bonds is 10. The van der Waals surface area contributed by atoms with Crippen molar-refractivity contribution in [1.29, 1.82) is 5.26 Å². The summed E-state index contributed by atoms with van der Waals surface area (Å²) in [5, 5.41) is 23.4. The van der Waals surface area contributed by atoms with Crippen LogP contribution in [0.5, 0.6) is 5.75 Å². The van der Waals surface area contributed by atoms with Crippen LogP contribution in [0.4, 0.5) is 24.5 Å². The quantitative estimate of drug-likeness (QED) is 0.0989. The van der Waals surface area contributed by atoms with Gasteiger partial charge in [-0.2, -0.15) is 18.4 Å². The van der Waals surface area contributed by atoms with Crippen LogP contribution in [0.1, 0.15) is 120 Å². The summed E-state index contributed by atoms with van der Waals surface area (Å²) in [7, 11) is 0. The van der Waals surface area contributed by atoms with Gasteiger partial charge in [-0.15, -0.1) is 16.4 Å². The predicted molar refractivity (Wildman–Crippen MR) is 313 cm³/mol. The van der Waals surface area contributed by atoms with Gasteiger partial charge in [-0.25, -0.2) is 4.98 Å². The first-order valence-electron chi connectivity index (χ1n) is 28.5. The van der Waals surface area contributed by atoms with Gasteiger partial charge in [0, 0.05) is 63.7 Å². The minimum atomic E-state index is -4.84. The number of aryl methyl sites for hydroxylation is 3. The molecule has 3 aromatic carbocycles. The molecule has 86 heavy (non-hydrogen) atoms. The van der Waals surface area contributed by atoms with Crippen LogP contribution in [-0.2, 0) is 66.9 Å². The maximum atomic E-state index is 14.0. The van der Waals surface area contributed by atoms with Gasteiger partial charge in [0.1, 0.15) is 42.2 Å². The molecule has 5 aromatic rings. The smallest absolute Gasteiger partial charge is 0.417 e. The number of carbonyl (C=O) groups excluding carboxylic acids is 6. The van der Waals surface area contributed by atoms with Crippen molar-refractivity contribution in [2.45, 2.75) is 147 Å². The van der Waals surface area contributed by atoms with Crippen molar-refractivity contribution in [2.75, 3.05) is 49.4 Å². The van der Waals surface area contributed by atoms with Crippen LogP contribution >= 0.6 is 23.6 Å². The summed E-state index contributed by atoms with van der Waals surface area (Å²) >= 11 is 7.23. The number of thiocarbonyl (C=S) groups is 1. The van der Waals surface area contributed by atoms with E-state index in [0.717, 1.165) is 38.7 Å². The summed E-state index contributed by atoms with van der Waals surface area (Å²) in [6.07, 6.45) is -1.15. The zero-order chi connectivity index (χ0) is 61.7. The maximum absolute atomic E-state index is 14.0. The Morgan fingerprint density at radius 3 is 2.40 bits per heavy atom. The maximum Gasteiger partial charge on any atom is 0.417 e. The van der Waals surface area contributed by atoms with Gasteiger partial charge in [0.2, 0.25) is 17.7 Å². The third kappa shape index (κ3) is 16.4. The lowest BCUT2D eigenvalue weighted by Crippen LogP contribution is -2.53. The van der Waals surface area contributed by atoms with Gasteiger partial charge in [-0.05, 0) is 120 Å². The van der Waals surface area contributed by atoms with Crippen LogP contribution in [0.25, 0.3) is 10.4 Å². The lowest BCUT2D eigenvalue weighted by atomic mass is 10.0. The second-order valence-electron chi connectivity index (χ2n) is 21.8. The van der Waals surface area contributed by atoms with Gasteiger partial charge in [0.05, 0.1) is 76.9 Å². The molecule has 0 aliphatic carbocycles. The fourth-order valence-electron chi connectivity index (χ4n) is 10.3. The standard InChI is InChI=1S/C60H69F3N10O11S2/c1-37(40-11-13-41(14-12-40)54-38(2)65-36-86-54)67-55(77)50-31-48-34-71(50)56(78)39(3)66-51(74)35-81-27-9-26-80-28-23-47(83-53(76)22-16-43-33-70(69-68-43)25-8-6-7-10-52(75)84-48)24-29-82-46-20-18-44(19-21-46)73-58(85)72(57(79)59(73,4)5)45-17-15-42(32-64)49(30-45)60(61,62)63/h11-15,17-21,30,33,36-37,39,47-48,50H,6-10,16,22-29,31,34-35H2,1-5H3,(H,66,74)(H,67,77)/t37-,39?,47?,48+,50-/m0/s1. The Hall–Kier alpha value is -7.86. The van der Waals surface area contributed by atoms with E-state index in [2.05, 4.69) is 25.9 Å². The van der Waals surface area contributed by atoms with E-state index in [4.69, 9.17) is 35.9 Å². The molecule has 3 aliphatic heterocycles. The number of nitrogens with one attached hydrogen (secondary N) is 2. The molecule has 0 spiro atoms. The number of cyclic esters (lactones) is 1. The normalized spacial score (nSPS) is 21.5. The van der Waals surface area contributed by atoms with E-state index >= 15 is 0 Å². The van der Waals surface area contributed by atoms with Crippen molar-refractivity contribution < 1.29 is 65.6 Å². The Kier molecular flexibility index (Phi) is 21.6. The van der Waals surface area contributed by atoms with E-state index in [1.807, 2.05) is 38.1 Å². The Balaban J connectivity index is 0.852. The number of hydrogen-bond acceptors (Lipinski definition) is 17. The van der Waals surface area contributed by atoms with E-state index in [1.165, 1.54) is 22.8 Å². The number of fused-ring (bicyclic) bond motifs is 4. The second kappa shape index (κ2) is 29.0. The molecule has 2 fully saturated rings. The first-order valence-corrected chi connectivity index (χ1v) is 29.8. The van der Waals surface area contributed by atoms with Crippen molar-refractivity contribution in [3.63, 3.8) is 0 Å². The van der Waals surface area contributed by atoms with Crippen LogP contribution in [0.3, 0.4) is 0 Å². The number of anilines is 2. The van der Waals surface area contributed by atoms with Gasteiger partial charge in [0.15, 0.2) is 5.11 Å². The number of aromatic nitrogens is 4. The largest absolute Gasteiger partial charge is 0.493 e. The molecule has 5 heterocycles. The SMILES string of the molecule is Cc1ncsc1-c1ccc([C@H](C)NC(=O)[C@@H]2C[C@@H]3CN2C(=O)C(C)NC(=O)COCCCOCCC(CCOc2ccc(N4C(=S)N(c5ccc(C#N)c(C(F)(F)F)c5)C(=O)C4(C)C)cc2)OC(=O)CCc2cn(nn2)CCCCCC(=O)O3)cc1. The molecule has 4 bridgehead atoms. The van der Waals surface area contributed by atoms with E-state index < -0.39 is 88.7 Å². The number of nitrogens with zero attached hydrogens (tertiary/aromatic N) is 8. The molecule has 2 saturated heterocycles. The van der Waals surface area contributed by atoms with Crippen LogP contribution in [0.2, 0.25) is 0 Å². The third-order valence-electron chi connectivity index (χ3n) is 15.0. The molecule has 2 unspecified atom stereocenters. The number of thiazole rings is 1. The van der Waals surface area contributed by atoms with E-state index in [0.29, 0.717) is 55.8 Å². The predicted octanol–water partition coefficient (Wildman–Crippen LogP) is 8.11. The summed E-state index contributed by atoms with van der Waals surface area (Å²) in [6, 6.07) is 16.5. The van der Waals surface area contributed by atoms with Gasteiger partial charge < -0.3 is 44.1 Å². The van der Waals surface area contributed by atoms with E-state index in [9.17, 15) is 47.2 Å². The highest BCUT2D eigenvalue weighted by molar-refractivity contribution is 7.81. The van der Waals surface area contributed by atoms with E-state index in [-0.39, 0.29) is 82.5 Å². The summed E-state index contributed by atoms with van der Waals surface area (Å²) in [5.41, 5.74) is 2.43. The number of halogens is 3. The molecule has 2 aromatic heterocycles. The Bertz CT molecular complexity index is 3280. The highest BCUT2D eigenvalue weighted by Gasteiger charge is 2.51. The molecule has 26 heteroatoms. The van der Waals surface area contributed by atoms with Gasteiger partial charge in [-0.1, -0.05) is 35.9 Å². The van der Waals surface area contributed by atoms with Gasteiger partial charge in [0.25, 0.3) is 5.91 Å². The van der Waals surface area contributed by atoms with Gasteiger partial charge in [-0.3, -0.25) is 38.3 Å². The fraction of sp³-hybridized carbons (Fsp3) is 0.483. The summed E-state index contributed by atoms with van der Waals surface area (Å²) in [5.74, 6) is -2.56. The van der Waals surface area contributed by atoms with Crippen molar-refractivity contribution in [1.82, 2.24) is 35.5 Å². The molecule has 0 radical (unpaired) electrons. The monoisotopic (exact) mass is 1230 g/mol. The van der Waals surface area contributed by atoms with Crippen molar-refractivity contribution >= 4 is 75.6 Å². The molecule has 4 amide bonds. The first-order chi connectivity index (χ1) is 41.1. The van der Waals surface area contributed by atoms with Crippen LogP contribution in [-0.4, -0.2) is 135 Å². The van der Waals surface area contributed by atoms with Crippen LogP contribution in [0.15, 0.2) is 78.4 Å². The molecule has 0 saturated carbocycles. The topological polar surface area (TPSA) is 250 Å². The molecule has 3 aliphatic rings. The summed E-state index contributed by atoms with van der Waals surface area (Å²) < 4.78 is 72.6. The number of alkyl halides is 3. The van der Waals surface area contributed by atoms with Crippen molar-refractivity contribution in [3.8, 4) is 22.3 Å². The highest BCUT2D eigenvalue weighted by atomic mass is 32.1. The Morgan fingerprint density at radius 2 is 1.67 bits per heavy atom. The van der Waals surface area contributed by atoms with Gasteiger partial charge >= 0.3 is 18.1 Å². The number of esters is 2. The Labute approximate surface area is 505 Å². The molecular formula is C60H69F3N10O11S2. The zero-order valence-corrected chi connectivity index (χ0v) is 50.1. The summed E-state index contributed by atoms with van der Waals surface area (Å²) in [4.78, 5) is 90.6. The molecular weight excluding hydrogens is 1160 g/mol. The zero-order valence-electron chi connectivity index (χ0n) is 48.4. The number of carbonyl (C=O) groups is 6. The molecule has 21 nitrogen and oxygen atoms in total. The third-order valence-corrected chi connectivity index (χ3v) is 16.3. The number of amides is 4. The molecule has 2 N–H and O–H groups in total. The number of nitriles is 1. The molecule has 8 rings (SSSR count). The lowest BCUT2D eigenvalue weighted by molar-refractivity contribution is -0.151. The minimum Gasteiger partial charge on any atom is -0.493 e. The summed E-state index contributed by atoms with van der Waals surface area (Å²) in [6.45, 7) is 9.35.